The van der Waals surface area contributed by atoms with Gasteiger partial charge in [0.15, 0.2) is 6.20 Å². The lowest BCUT2D eigenvalue weighted by Crippen LogP contribution is -2.29. The molecule has 7 aromatic rings. The fourth-order valence-electron chi connectivity index (χ4n) is 6.11. The number of aromatic nitrogens is 2. The second-order valence-corrected chi connectivity index (χ2v) is 9.25. The first-order chi connectivity index (χ1) is 16.3. The Morgan fingerprint density at radius 3 is 2.18 bits per heavy atom. The first-order valence-corrected chi connectivity index (χ1v) is 11.3. The van der Waals surface area contributed by atoms with E-state index in [1.54, 1.807) is 0 Å². The normalized spacial score (nSPS) is 13.0. The highest BCUT2D eigenvalue weighted by atomic mass is 19.4. The van der Waals surface area contributed by atoms with Crippen LogP contribution in [0.4, 0.5) is 13.2 Å². The lowest BCUT2D eigenvalue weighted by atomic mass is 9.93. The molecule has 0 amide bonds. The minimum atomic E-state index is -4.44. The van der Waals surface area contributed by atoms with E-state index < -0.39 is 11.7 Å². The van der Waals surface area contributed by atoms with Gasteiger partial charge in [-0.05, 0) is 53.3 Å². The molecule has 0 aliphatic carbocycles. The van der Waals surface area contributed by atoms with Crippen molar-refractivity contribution in [2.75, 3.05) is 0 Å². The number of hydrogen-bond donors (Lipinski definition) is 0. The van der Waals surface area contributed by atoms with Gasteiger partial charge in [0.25, 0.3) is 0 Å². The summed E-state index contributed by atoms with van der Waals surface area (Å²) in [5.41, 5.74) is 5.07. The van der Waals surface area contributed by atoms with Crippen molar-refractivity contribution >= 4 is 59.8 Å². The molecular weight excluding hydrogens is 433 g/mol. The van der Waals surface area contributed by atoms with Crippen LogP contribution in [0, 0.1) is 13.8 Å². The van der Waals surface area contributed by atoms with Gasteiger partial charge in [-0.25, -0.2) is 4.57 Å². The van der Waals surface area contributed by atoms with Crippen molar-refractivity contribution in [1.29, 1.82) is 0 Å². The number of aryl methyl sites for hydroxylation is 3. The third-order valence-corrected chi connectivity index (χ3v) is 7.52. The molecule has 7 rings (SSSR count). The third-order valence-electron chi connectivity index (χ3n) is 7.52. The fourth-order valence-corrected chi connectivity index (χ4v) is 6.11. The molecule has 0 fully saturated rings. The minimum Gasteiger partial charge on any atom is -0.307 e. The highest BCUT2D eigenvalue weighted by Crippen LogP contribution is 2.46. The fraction of sp³-hybridized carbons (Fsp3) is 0.138. The zero-order valence-corrected chi connectivity index (χ0v) is 18.9. The zero-order valence-electron chi connectivity index (χ0n) is 18.9. The summed E-state index contributed by atoms with van der Waals surface area (Å²) in [6.45, 7) is 4.21. The van der Waals surface area contributed by atoms with E-state index in [4.69, 9.17) is 0 Å². The van der Waals surface area contributed by atoms with E-state index in [9.17, 15) is 13.2 Å². The van der Waals surface area contributed by atoms with Gasteiger partial charge in [-0.15, -0.1) is 0 Å². The van der Waals surface area contributed by atoms with Crippen LogP contribution in [0.2, 0.25) is 0 Å². The Balaban J connectivity index is 1.96. The molecule has 0 aliphatic heterocycles. The van der Waals surface area contributed by atoms with Crippen LogP contribution in [-0.4, -0.2) is 4.40 Å². The van der Waals surface area contributed by atoms with Gasteiger partial charge in [-0.1, -0.05) is 42.5 Å². The maximum absolute atomic E-state index is 14.2. The summed E-state index contributed by atoms with van der Waals surface area (Å²) in [5.74, 6) is 0. The van der Waals surface area contributed by atoms with Gasteiger partial charge < -0.3 is 4.40 Å². The summed E-state index contributed by atoms with van der Waals surface area (Å²) in [7, 11) is 2.01. The molecule has 0 saturated heterocycles. The molecule has 0 bridgehead atoms. The van der Waals surface area contributed by atoms with Gasteiger partial charge in [0, 0.05) is 16.8 Å². The van der Waals surface area contributed by atoms with Crippen LogP contribution >= 0.6 is 0 Å². The van der Waals surface area contributed by atoms with E-state index in [-0.39, 0.29) is 5.39 Å². The average molecular weight is 453 g/mol. The molecule has 3 aromatic heterocycles. The predicted molar refractivity (Wildman–Crippen MR) is 132 cm³/mol. The van der Waals surface area contributed by atoms with Crippen molar-refractivity contribution in [3.8, 4) is 0 Å². The Kier molecular flexibility index (Phi) is 3.56. The summed E-state index contributed by atoms with van der Waals surface area (Å²) in [6.07, 6.45) is -2.40. The number of hydrogen-bond acceptors (Lipinski definition) is 0. The van der Waals surface area contributed by atoms with E-state index >= 15 is 0 Å². The topological polar surface area (TPSA) is 8.29 Å². The van der Waals surface area contributed by atoms with Crippen LogP contribution in [0.15, 0.2) is 66.9 Å². The first-order valence-electron chi connectivity index (χ1n) is 11.3. The summed E-state index contributed by atoms with van der Waals surface area (Å²) < 4.78 is 46.7. The summed E-state index contributed by atoms with van der Waals surface area (Å²) in [4.78, 5) is 0. The second-order valence-electron chi connectivity index (χ2n) is 9.25. The predicted octanol–water partition coefficient (Wildman–Crippen LogP) is 7.60. The van der Waals surface area contributed by atoms with Crippen molar-refractivity contribution < 1.29 is 17.7 Å². The quantitative estimate of drug-likeness (QED) is 0.127. The van der Waals surface area contributed by atoms with Crippen LogP contribution in [0.25, 0.3) is 59.8 Å². The van der Waals surface area contributed by atoms with E-state index in [0.717, 1.165) is 49.2 Å². The number of pyridine rings is 2. The SMILES string of the molecule is Cc1c2ccccc2c(C)c2c1c1c3c(ccc4c5c(C(F)(F)F)cccc5n2c43)cc[n+]1C. The summed E-state index contributed by atoms with van der Waals surface area (Å²) in [6, 6.07) is 18.7. The molecule has 0 atom stereocenters. The first kappa shape index (κ1) is 19.6. The number of alkyl halides is 3. The Morgan fingerprint density at radius 2 is 1.44 bits per heavy atom. The van der Waals surface area contributed by atoms with Crippen LogP contribution in [-0.2, 0) is 13.2 Å². The van der Waals surface area contributed by atoms with Crippen molar-refractivity contribution in [3.05, 3.63) is 83.6 Å². The molecule has 0 spiro atoms. The highest BCUT2D eigenvalue weighted by Gasteiger charge is 2.35. The molecule has 0 unspecified atom stereocenters. The van der Waals surface area contributed by atoms with Gasteiger partial charge in [0.2, 0.25) is 5.52 Å². The molecule has 166 valence electrons. The lowest BCUT2D eigenvalue weighted by molar-refractivity contribution is -0.643. The maximum atomic E-state index is 14.2. The van der Waals surface area contributed by atoms with Gasteiger partial charge in [0.05, 0.1) is 32.9 Å². The Hall–Kier alpha value is -3.86. The molecule has 0 saturated carbocycles. The molecular formula is C29H20F3N2+. The minimum absolute atomic E-state index is 0.266. The van der Waals surface area contributed by atoms with Gasteiger partial charge >= 0.3 is 6.18 Å². The molecule has 34 heavy (non-hydrogen) atoms. The maximum Gasteiger partial charge on any atom is 0.417 e. The lowest BCUT2D eigenvalue weighted by Gasteiger charge is -2.17. The molecule has 4 aromatic carbocycles. The Bertz CT molecular complexity index is 1980. The van der Waals surface area contributed by atoms with Crippen molar-refractivity contribution in [2.45, 2.75) is 20.0 Å². The number of nitrogens with zero attached hydrogens (tertiary/aromatic N) is 2. The van der Waals surface area contributed by atoms with Crippen molar-refractivity contribution in [2.24, 2.45) is 7.05 Å². The smallest absolute Gasteiger partial charge is 0.307 e. The van der Waals surface area contributed by atoms with Gasteiger partial charge in [-0.2, -0.15) is 13.2 Å². The standard InChI is InChI=1S/C29H20F3N2/c1-15-18-7-4-5-8-19(18)16(2)26-23(15)28-24-17(13-14-33(28)3)11-12-20-25-21(29(30,31)32)9-6-10-22(25)34(26)27(20)24/h4-14H,1-3H3/q+1. The third kappa shape index (κ3) is 2.20. The highest BCUT2D eigenvalue weighted by molar-refractivity contribution is 6.29. The Labute approximate surface area is 192 Å². The molecule has 3 heterocycles. The number of halogens is 3. The molecule has 0 radical (unpaired) electrons. The van der Waals surface area contributed by atoms with Crippen LogP contribution in [0.3, 0.4) is 0 Å². The van der Waals surface area contributed by atoms with Crippen LogP contribution in [0.5, 0.6) is 0 Å². The number of fused-ring (bicyclic) bond motifs is 7. The van der Waals surface area contributed by atoms with Crippen LogP contribution < -0.4 is 4.57 Å². The van der Waals surface area contributed by atoms with Crippen molar-refractivity contribution in [3.63, 3.8) is 0 Å². The molecule has 0 aliphatic rings. The van der Waals surface area contributed by atoms with Gasteiger partial charge in [-0.3, -0.25) is 0 Å². The van der Waals surface area contributed by atoms with E-state index in [1.165, 1.54) is 17.5 Å². The number of rotatable bonds is 0. The number of benzene rings is 4. The van der Waals surface area contributed by atoms with Gasteiger partial charge in [0.1, 0.15) is 7.05 Å². The second kappa shape index (κ2) is 6.17. The zero-order chi connectivity index (χ0) is 23.5. The molecule has 5 heteroatoms. The average Bonchev–Trinajstić information content (AvgIpc) is 3.16. The molecule has 2 nitrogen and oxygen atoms in total. The van der Waals surface area contributed by atoms with E-state index in [1.807, 2.05) is 49.6 Å². The van der Waals surface area contributed by atoms with Crippen LogP contribution in [0.1, 0.15) is 16.7 Å². The summed E-state index contributed by atoms with van der Waals surface area (Å²) in [5, 5.41) is 6.29. The molecule has 0 N–H and O–H groups in total. The van der Waals surface area contributed by atoms with E-state index in [0.29, 0.717) is 10.9 Å². The van der Waals surface area contributed by atoms with Crippen molar-refractivity contribution in [1.82, 2.24) is 4.40 Å². The largest absolute Gasteiger partial charge is 0.417 e. The monoisotopic (exact) mass is 453 g/mol. The van der Waals surface area contributed by atoms with E-state index in [2.05, 4.69) is 34.9 Å². The summed E-state index contributed by atoms with van der Waals surface area (Å²) >= 11 is 0. The Morgan fingerprint density at radius 1 is 0.706 bits per heavy atom.